The normalized spacial score (nSPS) is 10.7. The predicted molar refractivity (Wildman–Crippen MR) is 102 cm³/mol. The van der Waals surface area contributed by atoms with Crippen LogP contribution < -0.4 is 15.0 Å². The average molecular weight is 381 g/mol. The standard InChI is InChI=1S/C16H21ClN6O3/c1-21(2)7-8-22(3)12-10-14(26-4)11(9-13(12)23(24)25)19-16-18-6-5-15(17)20-16/h5-6,9-10H,7-8H2,1-4H3,(H,18,19,20). The Hall–Kier alpha value is -2.65. The van der Waals surface area contributed by atoms with Crippen molar-refractivity contribution in [2.45, 2.75) is 0 Å². The van der Waals surface area contributed by atoms with Gasteiger partial charge in [0.2, 0.25) is 5.95 Å². The van der Waals surface area contributed by atoms with Gasteiger partial charge in [0.1, 0.15) is 16.6 Å². The number of hydrogen-bond acceptors (Lipinski definition) is 8. The van der Waals surface area contributed by atoms with Crippen molar-refractivity contribution in [1.29, 1.82) is 0 Å². The molecule has 2 aromatic rings. The Bertz CT molecular complexity index is 787. The maximum absolute atomic E-state index is 11.6. The number of ether oxygens (including phenoxy) is 1. The Balaban J connectivity index is 2.41. The van der Waals surface area contributed by atoms with Gasteiger partial charge >= 0.3 is 0 Å². The van der Waals surface area contributed by atoms with Gasteiger partial charge in [-0.1, -0.05) is 11.6 Å². The van der Waals surface area contributed by atoms with Gasteiger partial charge in [-0.3, -0.25) is 10.1 Å². The fourth-order valence-corrected chi connectivity index (χ4v) is 2.40. The number of hydrogen-bond donors (Lipinski definition) is 1. The molecule has 0 spiro atoms. The van der Waals surface area contributed by atoms with Crippen LogP contribution in [0.25, 0.3) is 0 Å². The molecule has 1 heterocycles. The van der Waals surface area contributed by atoms with Gasteiger partial charge in [0, 0.05) is 38.5 Å². The number of nitro benzene ring substituents is 1. The molecule has 0 fully saturated rings. The maximum Gasteiger partial charge on any atom is 0.294 e. The molecule has 1 N–H and O–H groups in total. The van der Waals surface area contributed by atoms with Gasteiger partial charge in [-0.05, 0) is 20.2 Å². The number of nitrogens with zero attached hydrogens (tertiary/aromatic N) is 5. The molecular formula is C16H21ClN6O3. The summed E-state index contributed by atoms with van der Waals surface area (Å²) in [6, 6.07) is 4.57. The van der Waals surface area contributed by atoms with Gasteiger partial charge in [0.25, 0.3) is 5.69 Å². The van der Waals surface area contributed by atoms with Gasteiger partial charge in [-0.2, -0.15) is 0 Å². The van der Waals surface area contributed by atoms with Crippen LogP contribution in [-0.4, -0.2) is 61.1 Å². The van der Waals surface area contributed by atoms with E-state index in [0.29, 0.717) is 23.7 Å². The largest absolute Gasteiger partial charge is 0.494 e. The van der Waals surface area contributed by atoms with E-state index in [1.54, 1.807) is 13.1 Å². The number of rotatable bonds is 8. The average Bonchev–Trinajstić information content (AvgIpc) is 2.59. The van der Waals surface area contributed by atoms with Crippen molar-refractivity contribution >= 4 is 34.6 Å². The zero-order chi connectivity index (χ0) is 19.3. The van der Waals surface area contributed by atoms with Crippen molar-refractivity contribution in [2.75, 3.05) is 51.6 Å². The van der Waals surface area contributed by atoms with Gasteiger partial charge in [0.15, 0.2) is 0 Å². The Morgan fingerprint density at radius 1 is 1.31 bits per heavy atom. The highest BCUT2D eigenvalue weighted by molar-refractivity contribution is 6.29. The lowest BCUT2D eigenvalue weighted by molar-refractivity contribution is -0.384. The number of nitro groups is 1. The summed E-state index contributed by atoms with van der Waals surface area (Å²) in [6.07, 6.45) is 1.49. The molecule has 1 aromatic carbocycles. The molecule has 140 valence electrons. The first kappa shape index (κ1) is 19.7. The van der Waals surface area contributed by atoms with Crippen LogP contribution in [0.1, 0.15) is 0 Å². The third-order valence-corrected chi connectivity index (χ3v) is 3.87. The molecule has 9 nitrogen and oxygen atoms in total. The van der Waals surface area contributed by atoms with Crippen LogP contribution in [0.4, 0.5) is 23.0 Å². The van der Waals surface area contributed by atoms with E-state index in [2.05, 4.69) is 15.3 Å². The maximum atomic E-state index is 11.6. The molecule has 0 unspecified atom stereocenters. The van der Waals surface area contributed by atoms with Crippen LogP contribution in [0.5, 0.6) is 5.75 Å². The molecule has 0 aliphatic carbocycles. The highest BCUT2D eigenvalue weighted by Crippen LogP contribution is 2.38. The minimum Gasteiger partial charge on any atom is -0.494 e. The lowest BCUT2D eigenvalue weighted by atomic mass is 10.2. The molecule has 0 bridgehead atoms. The third-order valence-electron chi connectivity index (χ3n) is 3.66. The number of likely N-dealkylation sites (N-methyl/N-ethyl adjacent to an activating group) is 2. The van der Waals surface area contributed by atoms with Gasteiger partial charge < -0.3 is 19.9 Å². The van der Waals surface area contributed by atoms with Crippen LogP contribution in [0, 0.1) is 10.1 Å². The second kappa shape index (κ2) is 8.63. The number of benzene rings is 1. The molecule has 1 aromatic heterocycles. The molecule has 0 atom stereocenters. The summed E-state index contributed by atoms with van der Waals surface area (Å²) in [7, 11) is 7.19. The first-order valence-corrected chi connectivity index (χ1v) is 8.17. The van der Waals surface area contributed by atoms with E-state index in [9.17, 15) is 10.1 Å². The second-order valence-electron chi connectivity index (χ2n) is 5.85. The van der Waals surface area contributed by atoms with Crippen molar-refractivity contribution < 1.29 is 9.66 Å². The molecule has 26 heavy (non-hydrogen) atoms. The number of aromatic nitrogens is 2. The van der Waals surface area contributed by atoms with Crippen LogP contribution in [0.2, 0.25) is 5.15 Å². The molecule has 2 rings (SSSR count). The summed E-state index contributed by atoms with van der Waals surface area (Å²) in [6.45, 7) is 1.38. The van der Waals surface area contributed by atoms with E-state index in [0.717, 1.165) is 6.54 Å². The quantitative estimate of drug-likeness (QED) is 0.424. The molecule has 0 saturated carbocycles. The highest BCUT2D eigenvalue weighted by atomic mass is 35.5. The lowest BCUT2D eigenvalue weighted by Gasteiger charge is -2.22. The molecule has 0 saturated heterocycles. The second-order valence-corrected chi connectivity index (χ2v) is 6.24. The monoisotopic (exact) mass is 380 g/mol. The fraction of sp³-hybridized carbons (Fsp3) is 0.375. The van der Waals surface area contributed by atoms with E-state index in [1.807, 2.05) is 23.9 Å². The Kier molecular flexibility index (Phi) is 6.53. The first-order valence-electron chi connectivity index (χ1n) is 7.79. The van der Waals surface area contributed by atoms with E-state index < -0.39 is 4.92 Å². The van der Waals surface area contributed by atoms with E-state index in [-0.39, 0.29) is 16.8 Å². The molecule has 0 aliphatic heterocycles. The summed E-state index contributed by atoms with van der Waals surface area (Å²) in [5.74, 6) is 0.657. The summed E-state index contributed by atoms with van der Waals surface area (Å²) in [5.41, 5.74) is 0.800. The first-order chi connectivity index (χ1) is 12.3. The summed E-state index contributed by atoms with van der Waals surface area (Å²) < 4.78 is 5.39. The van der Waals surface area contributed by atoms with E-state index in [1.165, 1.54) is 25.4 Å². The van der Waals surface area contributed by atoms with Crippen LogP contribution in [-0.2, 0) is 0 Å². The van der Waals surface area contributed by atoms with E-state index >= 15 is 0 Å². The topological polar surface area (TPSA) is 96.7 Å². The van der Waals surface area contributed by atoms with Crippen molar-refractivity contribution in [3.8, 4) is 5.75 Å². The molecule has 0 radical (unpaired) electrons. The van der Waals surface area contributed by atoms with Gasteiger partial charge in [-0.15, -0.1) is 0 Å². The molecule has 10 heteroatoms. The van der Waals surface area contributed by atoms with Gasteiger partial charge in [-0.25, -0.2) is 9.97 Å². The summed E-state index contributed by atoms with van der Waals surface area (Å²) >= 11 is 5.85. The zero-order valence-corrected chi connectivity index (χ0v) is 15.8. The minimum absolute atomic E-state index is 0.0448. The Labute approximate surface area is 156 Å². The summed E-state index contributed by atoms with van der Waals surface area (Å²) in [5, 5.41) is 14.7. The van der Waals surface area contributed by atoms with Crippen molar-refractivity contribution in [3.05, 3.63) is 39.7 Å². The van der Waals surface area contributed by atoms with Gasteiger partial charge in [0.05, 0.1) is 17.7 Å². The van der Waals surface area contributed by atoms with Crippen LogP contribution in [0.3, 0.4) is 0 Å². The minimum atomic E-state index is -0.426. The SMILES string of the molecule is COc1cc(N(C)CCN(C)C)c([N+](=O)[O-])cc1Nc1nccc(Cl)n1. The summed E-state index contributed by atoms with van der Waals surface area (Å²) in [4.78, 5) is 23.0. The van der Waals surface area contributed by atoms with E-state index in [4.69, 9.17) is 16.3 Å². The highest BCUT2D eigenvalue weighted by Gasteiger charge is 2.22. The molecular weight excluding hydrogens is 360 g/mol. The van der Waals surface area contributed by atoms with Crippen LogP contribution in [0.15, 0.2) is 24.4 Å². The third kappa shape index (κ3) is 4.93. The lowest BCUT2D eigenvalue weighted by Crippen LogP contribution is -2.28. The number of halogens is 1. The number of anilines is 3. The smallest absolute Gasteiger partial charge is 0.294 e. The van der Waals surface area contributed by atoms with Crippen molar-refractivity contribution in [3.63, 3.8) is 0 Å². The Morgan fingerprint density at radius 2 is 2.04 bits per heavy atom. The number of nitrogens with one attached hydrogen (secondary N) is 1. The molecule has 0 amide bonds. The zero-order valence-electron chi connectivity index (χ0n) is 15.1. The van der Waals surface area contributed by atoms with Crippen molar-refractivity contribution in [2.24, 2.45) is 0 Å². The van der Waals surface area contributed by atoms with Crippen molar-refractivity contribution in [1.82, 2.24) is 14.9 Å². The molecule has 0 aliphatic rings. The fourth-order valence-electron chi connectivity index (χ4n) is 2.26. The van der Waals surface area contributed by atoms with Crippen LogP contribution >= 0.6 is 11.6 Å². The predicted octanol–water partition coefficient (Wildman–Crippen LogP) is 2.79. The Morgan fingerprint density at radius 3 is 2.62 bits per heavy atom. The number of methoxy groups -OCH3 is 1.